The molecule has 4 heteroatoms. The second kappa shape index (κ2) is 3.64. The first-order valence-electron chi connectivity index (χ1n) is 4.54. The van der Waals surface area contributed by atoms with Crippen molar-refractivity contribution in [2.45, 2.75) is 18.8 Å². The molecule has 1 saturated carbocycles. The summed E-state index contributed by atoms with van der Waals surface area (Å²) in [4.78, 5) is 4.39. The molecule has 0 amide bonds. The molecule has 1 heterocycles. The molecule has 0 aromatic carbocycles. The van der Waals surface area contributed by atoms with Gasteiger partial charge in [-0.15, -0.1) is 0 Å². The molecule has 2 unspecified atom stereocenters. The van der Waals surface area contributed by atoms with Crippen LogP contribution in [0.1, 0.15) is 24.5 Å². The summed E-state index contributed by atoms with van der Waals surface area (Å²) in [5, 5.41) is 2.85. The van der Waals surface area contributed by atoms with E-state index in [0.717, 1.165) is 11.7 Å². The monoisotopic (exact) mass is 198 g/mol. The average Bonchev–Trinajstić information content (AvgIpc) is 2.52. The minimum Gasteiger partial charge on any atom is -0.473 e. The zero-order valence-electron chi connectivity index (χ0n) is 7.69. The summed E-state index contributed by atoms with van der Waals surface area (Å²) < 4.78 is 5.06. The molecule has 13 heavy (non-hydrogen) atoms. The van der Waals surface area contributed by atoms with Gasteiger partial charge in [-0.05, 0) is 25.3 Å². The van der Waals surface area contributed by atoms with Gasteiger partial charge in [-0.2, -0.15) is 0 Å². The van der Waals surface area contributed by atoms with E-state index in [-0.39, 0.29) is 0 Å². The Hall–Kier alpha value is -0.610. The number of thiazole rings is 1. The number of rotatable bonds is 3. The van der Waals surface area contributed by atoms with Crippen molar-refractivity contribution in [3.63, 3.8) is 0 Å². The van der Waals surface area contributed by atoms with E-state index in [0.29, 0.717) is 11.8 Å². The van der Waals surface area contributed by atoms with Crippen molar-refractivity contribution in [3.8, 4) is 5.19 Å². The van der Waals surface area contributed by atoms with Crippen LogP contribution >= 0.6 is 11.3 Å². The van der Waals surface area contributed by atoms with Gasteiger partial charge in [-0.1, -0.05) is 11.3 Å². The molecule has 2 atom stereocenters. The van der Waals surface area contributed by atoms with Gasteiger partial charge in [-0.3, -0.25) is 0 Å². The highest BCUT2D eigenvalue weighted by Crippen LogP contribution is 2.42. The normalized spacial score (nSPS) is 26.9. The molecule has 72 valence electrons. The topological polar surface area (TPSA) is 48.1 Å². The Balaban J connectivity index is 2.07. The second-order valence-corrected chi connectivity index (χ2v) is 4.24. The minimum absolute atomic E-state index is 0.588. The number of nitrogens with two attached hydrogens (primary N) is 1. The Morgan fingerprint density at radius 2 is 2.54 bits per heavy atom. The second-order valence-electron chi connectivity index (χ2n) is 3.42. The third-order valence-corrected chi connectivity index (χ3v) is 3.59. The highest BCUT2D eigenvalue weighted by Gasteiger charge is 2.32. The predicted molar refractivity (Wildman–Crippen MR) is 53.2 cm³/mol. The Bertz CT molecular complexity index is 285. The van der Waals surface area contributed by atoms with Crippen LogP contribution in [0.15, 0.2) is 5.38 Å². The molecular weight excluding hydrogens is 184 g/mol. The zero-order valence-corrected chi connectivity index (χ0v) is 8.51. The van der Waals surface area contributed by atoms with Crippen LogP contribution in [0.25, 0.3) is 0 Å². The fourth-order valence-corrected chi connectivity index (χ4v) is 2.48. The number of ether oxygens (including phenoxy) is 1. The quantitative estimate of drug-likeness (QED) is 0.802. The van der Waals surface area contributed by atoms with E-state index < -0.39 is 0 Å². The summed E-state index contributed by atoms with van der Waals surface area (Å²) in [5.41, 5.74) is 6.82. The number of aromatic nitrogens is 1. The zero-order chi connectivity index (χ0) is 9.26. The summed E-state index contributed by atoms with van der Waals surface area (Å²) in [7, 11) is 1.66. The summed E-state index contributed by atoms with van der Waals surface area (Å²) in [6, 6.07) is 0. The first-order valence-corrected chi connectivity index (χ1v) is 5.42. The Kier molecular flexibility index (Phi) is 2.51. The SMILES string of the molecule is COc1nc(C2CCC2CN)cs1. The Morgan fingerprint density at radius 1 is 1.69 bits per heavy atom. The molecule has 3 nitrogen and oxygen atoms in total. The molecule has 0 saturated heterocycles. The molecule has 1 aromatic heterocycles. The molecule has 0 spiro atoms. The summed E-state index contributed by atoms with van der Waals surface area (Å²) in [6.07, 6.45) is 2.48. The lowest BCUT2D eigenvalue weighted by molar-refractivity contribution is 0.258. The number of methoxy groups -OCH3 is 1. The first-order chi connectivity index (χ1) is 6.35. The van der Waals surface area contributed by atoms with Crippen molar-refractivity contribution in [2.75, 3.05) is 13.7 Å². The number of hydrogen-bond acceptors (Lipinski definition) is 4. The van der Waals surface area contributed by atoms with Crippen LogP contribution in [-0.2, 0) is 0 Å². The fraction of sp³-hybridized carbons (Fsp3) is 0.667. The third-order valence-electron chi connectivity index (χ3n) is 2.78. The van der Waals surface area contributed by atoms with Crippen molar-refractivity contribution >= 4 is 11.3 Å². The van der Waals surface area contributed by atoms with Crippen molar-refractivity contribution in [1.82, 2.24) is 4.98 Å². The Morgan fingerprint density at radius 3 is 3.00 bits per heavy atom. The predicted octanol–water partition coefficient (Wildman–Crippen LogP) is 1.60. The van der Waals surface area contributed by atoms with E-state index in [4.69, 9.17) is 10.5 Å². The molecule has 1 aliphatic rings. The van der Waals surface area contributed by atoms with E-state index in [1.165, 1.54) is 18.5 Å². The van der Waals surface area contributed by atoms with Gasteiger partial charge in [-0.25, -0.2) is 4.98 Å². The van der Waals surface area contributed by atoms with Gasteiger partial charge in [0.1, 0.15) is 0 Å². The minimum atomic E-state index is 0.588. The summed E-state index contributed by atoms with van der Waals surface area (Å²) in [5.74, 6) is 1.23. The van der Waals surface area contributed by atoms with E-state index in [1.807, 2.05) is 0 Å². The summed E-state index contributed by atoms with van der Waals surface area (Å²) in [6.45, 7) is 0.782. The van der Waals surface area contributed by atoms with Crippen molar-refractivity contribution in [3.05, 3.63) is 11.1 Å². The van der Waals surface area contributed by atoms with Gasteiger partial charge >= 0.3 is 0 Å². The van der Waals surface area contributed by atoms with Crippen LogP contribution in [0.2, 0.25) is 0 Å². The molecule has 1 aliphatic carbocycles. The van der Waals surface area contributed by atoms with Gasteiger partial charge in [0.2, 0.25) is 0 Å². The molecule has 0 bridgehead atoms. The molecule has 1 aromatic rings. The largest absolute Gasteiger partial charge is 0.473 e. The van der Waals surface area contributed by atoms with Gasteiger partial charge in [0.15, 0.2) is 0 Å². The molecule has 2 N–H and O–H groups in total. The number of nitrogens with zero attached hydrogens (tertiary/aromatic N) is 1. The van der Waals surface area contributed by atoms with Gasteiger partial charge in [0.05, 0.1) is 12.8 Å². The van der Waals surface area contributed by atoms with E-state index >= 15 is 0 Å². The lowest BCUT2D eigenvalue weighted by Crippen LogP contribution is -2.30. The van der Waals surface area contributed by atoms with Crippen LogP contribution < -0.4 is 10.5 Å². The highest BCUT2D eigenvalue weighted by atomic mass is 32.1. The first kappa shape index (κ1) is 8.97. The van der Waals surface area contributed by atoms with Crippen molar-refractivity contribution in [2.24, 2.45) is 11.7 Å². The molecule has 0 radical (unpaired) electrons. The van der Waals surface area contributed by atoms with Crippen LogP contribution in [0.3, 0.4) is 0 Å². The van der Waals surface area contributed by atoms with Gasteiger partial charge < -0.3 is 10.5 Å². The van der Waals surface area contributed by atoms with Crippen LogP contribution in [0.5, 0.6) is 5.19 Å². The molecule has 1 fully saturated rings. The van der Waals surface area contributed by atoms with E-state index in [1.54, 1.807) is 18.4 Å². The van der Waals surface area contributed by atoms with E-state index in [9.17, 15) is 0 Å². The third kappa shape index (κ3) is 1.56. The lowest BCUT2D eigenvalue weighted by Gasteiger charge is -2.34. The van der Waals surface area contributed by atoms with Crippen molar-refractivity contribution in [1.29, 1.82) is 0 Å². The van der Waals surface area contributed by atoms with Gasteiger partial charge in [0, 0.05) is 11.3 Å². The maximum Gasteiger partial charge on any atom is 0.273 e. The highest BCUT2D eigenvalue weighted by molar-refractivity contribution is 7.11. The maximum absolute atomic E-state index is 5.65. The average molecular weight is 198 g/mol. The maximum atomic E-state index is 5.65. The lowest BCUT2D eigenvalue weighted by atomic mass is 9.72. The van der Waals surface area contributed by atoms with E-state index in [2.05, 4.69) is 10.4 Å². The molecular formula is C9H14N2OS. The van der Waals surface area contributed by atoms with Gasteiger partial charge in [0.25, 0.3) is 5.19 Å². The Labute approximate surface area is 81.9 Å². The smallest absolute Gasteiger partial charge is 0.273 e. The van der Waals surface area contributed by atoms with Crippen LogP contribution in [0.4, 0.5) is 0 Å². The molecule has 2 rings (SSSR count). The number of hydrogen-bond donors (Lipinski definition) is 1. The summed E-state index contributed by atoms with van der Waals surface area (Å²) >= 11 is 1.57. The van der Waals surface area contributed by atoms with Crippen LogP contribution in [0, 0.1) is 5.92 Å². The molecule has 0 aliphatic heterocycles. The van der Waals surface area contributed by atoms with Crippen molar-refractivity contribution < 1.29 is 4.74 Å². The fourth-order valence-electron chi connectivity index (χ4n) is 1.77. The van der Waals surface area contributed by atoms with Crippen LogP contribution in [-0.4, -0.2) is 18.6 Å². The standard InChI is InChI=1S/C9H14N2OS/c1-12-9-11-8(5-13-9)7-3-2-6(7)4-10/h5-7H,2-4,10H2,1H3.